The first kappa shape index (κ1) is 17.9. The van der Waals surface area contributed by atoms with E-state index in [9.17, 15) is 4.79 Å². The highest BCUT2D eigenvalue weighted by atomic mass is 16.2. The summed E-state index contributed by atoms with van der Waals surface area (Å²) in [5, 5.41) is 11.2. The maximum atomic E-state index is 12.1. The van der Waals surface area contributed by atoms with E-state index in [-0.39, 0.29) is 5.91 Å². The molecule has 0 unspecified atom stereocenters. The number of rotatable bonds is 6. The van der Waals surface area contributed by atoms with Crippen LogP contribution in [-0.2, 0) is 0 Å². The standard InChI is InChI=1S/C21H27N5O/c1-16(13-17-5-3-2-4-6-17)14-25-11-9-19(10-12-25)26-15-20(23-24-26)21(27)22-18-7-8-18/h2-6,13,15,18-19H,7-12,14H2,1H3,(H,22,27). The second kappa shape index (κ2) is 8.05. The number of hydrogen-bond donors (Lipinski definition) is 1. The van der Waals surface area contributed by atoms with Gasteiger partial charge in [-0.3, -0.25) is 9.69 Å². The monoisotopic (exact) mass is 365 g/mol. The van der Waals surface area contributed by atoms with Gasteiger partial charge in [0.05, 0.1) is 12.2 Å². The Labute approximate surface area is 160 Å². The maximum absolute atomic E-state index is 12.1. The molecule has 1 saturated heterocycles. The molecule has 142 valence electrons. The van der Waals surface area contributed by atoms with E-state index in [0.29, 0.717) is 17.8 Å². The predicted molar refractivity (Wildman–Crippen MR) is 105 cm³/mol. The number of amides is 1. The van der Waals surface area contributed by atoms with E-state index in [4.69, 9.17) is 0 Å². The van der Waals surface area contributed by atoms with Crippen molar-refractivity contribution in [2.75, 3.05) is 19.6 Å². The first-order valence-electron chi connectivity index (χ1n) is 9.84. The summed E-state index contributed by atoms with van der Waals surface area (Å²) in [6.07, 6.45) is 8.29. The number of hydrogen-bond acceptors (Lipinski definition) is 4. The highest BCUT2D eigenvalue weighted by molar-refractivity contribution is 5.92. The van der Waals surface area contributed by atoms with Gasteiger partial charge >= 0.3 is 0 Å². The van der Waals surface area contributed by atoms with Crippen LogP contribution in [0.3, 0.4) is 0 Å². The van der Waals surface area contributed by atoms with Gasteiger partial charge in [0.1, 0.15) is 0 Å². The lowest BCUT2D eigenvalue weighted by molar-refractivity contribution is 0.0946. The van der Waals surface area contributed by atoms with Gasteiger partial charge in [-0.1, -0.05) is 47.2 Å². The van der Waals surface area contributed by atoms with Crippen molar-refractivity contribution in [1.29, 1.82) is 0 Å². The van der Waals surface area contributed by atoms with E-state index in [1.54, 1.807) is 6.20 Å². The molecule has 0 bridgehead atoms. The van der Waals surface area contributed by atoms with Gasteiger partial charge in [0.2, 0.25) is 0 Å². The van der Waals surface area contributed by atoms with Gasteiger partial charge in [0.15, 0.2) is 5.69 Å². The number of nitrogens with zero attached hydrogens (tertiary/aromatic N) is 4. The van der Waals surface area contributed by atoms with E-state index < -0.39 is 0 Å². The van der Waals surface area contributed by atoms with Crippen LogP contribution in [0.15, 0.2) is 42.1 Å². The summed E-state index contributed by atoms with van der Waals surface area (Å²) >= 11 is 0. The Morgan fingerprint density at radius 3 is 2.63 bits per heavy atom. The van der Waals surface area contributed by atoms with Crippen LogP contribution < -0.4 is 5.32 Å². The van der Waals surface area contributed by atoms with Crippen LogP contribution in [0.25, 0.3) is 6.08 Å². The smallest absolute Gasteiger partial charge is 0.273 e. The van der Waals surface area contributed by atoms with Crippen molar-refractivity contribution in [2.24, 2.45) is 0 Å². The minimum absolute atomic E-state index is 0.0946. The van der Waals surface area contributed by atoms with E-state index in [1.807, 2.05) is 10.7 Å². The summed E-state index contributed by atoms with van der Waals surface area (Å²) < 4.78 is 1.88. The summed E-state index contributed by atoms with van der Waals surface area (Å²) in [4.78, 5) is 14.6. The summed E-state index contributed by atoms with van der Waals surface area (Å²) in [6.45, 7) is 5.26. The van der Waals surface area contributed by atoms with Gasteiger partial charge in [0, 0.05) is 25.7 Å². The molecule has 2 aliphatic rings. The predicted octanol–water partition coefficient (Wildman–Crippen LogP) is 2.91. The van der Waals surface area contributed by atoms with Crippen molar-refractivity contribution in [3.63, 3.8) is 0 Å². The average Bonchev–Trinajstić information content (AvgIpc) is 3.35. The molecule has 0 radical (unpaired) electrons. The zero-order valence-electron chi connectivity index (χ0n) is 15.8. The van der Waals surface area contributed by atoms with E-state index in [2.05, 4.69) is 57.8 Å². The second-order valence-corrected chi connectivity index (χ2v) is 7.74. The van der Waals surface area contributed by atoms with Crippen molar-refractivity contribution in [3.05, 3.63) is 53.4 Å². The fraction of sp³-hybridized carbons (Fsp3) is 0.476. The van der Waals surface area contributed by atoms with Crippen molar-refractivity contribution in [2.45, 2.75) is 44.7 Å². The third-order valence-electron chi connectivity index (χ3n) is 5.27. The number of benzene rings is 1. The first-order chi connectivity index (χ1) is 13.2. The summed E-state index contributed by atoms with van der Waals surface area (Å²) in [5.74, 6) is -0.0946. The lowest BCUT2D eigenvalue weighted by atomic mass is 10.0. The van der Waals surface area contributed by atoms with Gasteiger partial charge in [-0.15, -0.1) is 5.10 Å². The van der Waals surface area contributed by atoms with Crippen LogP contribution >= 0.6 is 0 Å². The van der Waals surface area contributed by atoms with Gasteiger partial charge in [-0.05, 0) is 38.2 Å². The molecule has 1 aliphatic carbocycles. The molecule has 1 aromatic heterocycles. The minimum Gasteiger partial charge on any atom is -0.348 e. The third-order valence-corrected chi connectivity index (χ3v) is 5.27. The Hall–Kier alpha value is -2.47. The lowest BCUT2D eigenvalue weighted by Crippen LogP contribution is -2.35. The summed E-state index contributed by atoms with van der Waals surface area (Å²) in [5.41, 5.74) is 3.06. The maximum Gasteiger partial charge on any atom is 0.273 e. The third kappa shape index (κ3) is 4.83. The number of piperidine rings is 1. The molecule has 2 heterocycles. The first-order valence-corrected chi connectivity index (χ1v) is 9.84. The van der Waals surface area contributed by atoms with Crippen LogP contribution in [0.1, 0.15) is 54.7 Å². The molecular weight excluding hydrogens is 338 g/mol. The molecule has 0 spiro atoms. The number of likely N-dealkylation sites (tertiary alicyclic amines) is 1. The molecule has 1 aromatic carbocycles. The Balaban J connectivity index is 1.28. The molecule has 1 aliphatic heterocycles. The zero-order valence-corrected chi connectivity index (χ0v) is 15.8. The molecule has 2 aromatic rings. The van der Waals surface area contributed by atoms with Crippen molar-refractivity contribution in [1.82, 2.24) is 25.2 Å². The molecule has 1 saturated carbocycles. The van der Waals surface area contributed by atoms with Crippen LogP contribution in [0.4, 0.5) is 0 Å². The summed E-state index contributed by atoms with van der Waals surface area (Å²) in [6, 6.07) is 11.1. The van der Waals surface area contributed by atoms with E-state index >= 15 is 0 Å². The van der Waals surface area contributed by atoms with Gasteiger partial charge in [0.25, 0.3) is 5.91 Å². The lowest BCUT2D eigenvalue weighted by Gasteiger charge is -2.31. The Bertz CT molecular complexity index is 801. The van der Waals surface area contributed by atoms with Crippen LogP contribution in [-0.4, -0.2) is 51.5 Å². The molecule has 1 amide bonds. The minimum atomic E-state index is -0.0946. The molecule has 27 heavy (non-hydrogen) atoms. The highest BCUT2D eigenvalue weighted by Crippen LogP contribution is 2.23. The van der Waals surface area contributed by atoms with Gasteiger partial charge < -0.3 is 5.32 Å². The van der Waals surface area contributed by atoms with E-state index in [1.165, 1.54) is 11.1 Å². The summed E-state index contributed by atoms with van der Waals surface area (Å²) in [7, 11) is 0. The fourth-order valence-corrected chi connectivity index (χ4v) is 3.62. The molecule has 6 nitrogen and oxygen atoms in total. The Morgan fingerprint density at radius 2 is 1.93 bits per heavy atom. The van der Waals surface area contributed by atoms with Gasteiger partial charge in [-0.25, -0.2) is 4.68 Å². The topological polar surface area (TPSA) is 63.1 Å². The number of aromatic nitrogens is 3. The normalized spacial score (nSPS) is 19.2. The number of carbonyl (C=O) groups excluding carboxylic acids is 1. The van der Waals surface area contributed by atoms with E-state index in [0.717, 1.165) is 45.3 Å². The Morgan fingerprint density at radius 1 is 1.19 bits per heavy atom. The SMILES string of the molecule is CC(=Cc1ccccc1)CN1CCC(n2cc(C(=O)NC3CC3)nn2)CC1. The molecule has 0 atom stereocenters. The van der Waals surface area contributed by atoms with Crippen molar-refractivity contribution >= 4 is 12.0 Å². The number of carbonyl (C=O) groups is 1. The van der Waals surface area contributed by atoms with Crippen LogP contribution in [0, 0.1) is 0 Å². The van der Waals surface area contributed by atoms with Crippen LogP contribution in [0.5, 0.6) is 0 Å². The second-order valence-electron chi connectivity index (χ2n) is 7.74. The van der Waals surface area contributed by atoms with Crippen molar-refractivity contribution in [3.8, 4) is 0 Å². The van der Waals surface area contributed by atoms with Crippen molar-refractivity contribution < 1.29 is 4.79 Å². The quantitative estimate of drug-likeness (QED) is 0.855. The van der Waals surface area contributed by atoms with Gasteiger partial charge in [-0.2, -0.15) is 0 Å². The molecule has 4 rings (SSSR count). The van der Waals surface area contributed by atoms with Crippen LogP contribution in [0.2, 0.25) is 0 Å². The Kier molecular flexibility index (Phi) is 5.34. The molecule has 6 heteroatoms. The zero-order chi connectivity index (χ0) is 18.6. The molecule has 1 N–H and O–H groups in total. The number of nitrogens with one attached hydrogen (secondary N) is 1. The molecular formula is C21H27N5O. The molecule has 2 fully saturated rings. The fourth-order valence-electron chi connectivity index (χ4n) is 3.62. The largest absolute Gasteiger partial charge is 0.348 e. The average molecular weight is 365 g/mol. The highest BCUT2D eigenvalue weighted by Gasteiger charge is 2.26.